The van der Waals surface area contributed by atoms with E-state index in [0.29, 0.717) is 6.04 Å². The molecule has 16 heavy (non-hydrogen) atoms. The van der Waals surface area contributed by atoms with Crippen molar-refractivity contribution >= 4 is 0 Å². The Labute approximate surface area is 100 Å². The van der Waals surface area contributed by atoms with Gasteiger partial charge in [0.25, 0.3) is 0 Å². The number of benzene rings is 1. The van der Waals surface area contributed by atoms with Gasteiger partial charge in [-0.3, -0.25) is 0 Å². The molecule has 0 aliphatic carbocycles. The van der Waals surface area contributed by atoms with Crippen LogP contribution < -0.4 is 5.32 Å². The molecule has 0 saturated carbocycles. The number of aryl methyl sites for hydroxylation is 2. The summed E-state index contributed by atoms with van der Waals surface area (Å²) >= 11 is 0. The van der Waals surface area contributed by atoms with E-state index >= 15 is 0 Å². The standard InChI is InChI=1S/C15H25N/c1-6-13(4)15(16-5)10-14-8-11(2)7-12(3)9-14/h7-9,13,15-16H,6,10H2,1-5H3. The van der Waals surface area contributed by atoms with E-state index in [1.807, 2.05) is 0 Å². The summed E-state index contributed by atoms with van der Waals surface area (Å²) in [5.41, 5.74) is 4.19. The summed E-state index contributed by atoms with van der Waals surface area (Å²) in [7, 11) is 2.07. The Morgan fingerprint density at radius 3 is 2.12 bits per heavy atom. The third-order valence-electron chi connectivity index (χ3n) is 3.44. The lowest BCUT2D eigenvalue weighted by Gasteiger charge is -2.22. The number of hydrogen-bond acceptors (Lipinski definition) is 1. The first-order valence-electron chi connectivity index (χ1n) is 6.31. The Morgan fingerprint density at radius 1 is 1.12 bits per heavy atom. The first-order chi connectivity index (χ1) is 7.56. The molecule has 0 amide bonds. The molecule has 1 aromatic rings. The Kier molecular flexibility index (Phi) is 5.01. The number of hydrogen-bond donors (Lipinski definition) is 1. The zero-order chi connectivity index (χ0) is 12.1. The topological polar surface area (TPSA) is 12.0 Å². The lowest BCUT2D eigenvalue weighted by atomic mass is 9.92. The molecule has 0 heterocycles. The highest BCUT2D eigenvalue weighted by Gasteiger charge is 2.14. The summed E-state index contributed by atoms with van der Waals surface area (Å²) in [5.74, 6) is 0.728. The van der Waals surface area contributed by atoms with Crippen LogP contribution >= 0.6 is 0 Å². The van der Waals surface area contributed by atoms with E-state index < -0.39 is 0 Å². The van der Waals surface area contributed by atoms with Crippen molar-refractivity contribution in [1.29, 1.82) is 0 Å². The van der Waals surface area contributed by atoms with Gasteiger partial charge in [-0.15, -0.1) is 0 Å². The maximum Gasteiger partial charge on any atom is 0.0130 e. The van der Waals surface area contributed by atoms with Crippen LogP contribution in [0.2, 0.25) is 0 Å². The molecule has 1 rings (SSSR count). The molecule has 0 saturated heterocycles. The van der Waals surface area contributed by atoms with Gasteiger partial charge in [0.2, 0.25) is 0 Å². The van der Waals surface area contributed by atoms with Crippen LogP contribution in [0.25, 0.3) is 0 Å². The second-order valence-corrected chi connectivity index (χ2v) is 4.98. The van der Waals surface area contributed by atoms with Crippen LogP contribution in [0.5, 0.6) is 0 Å². The predicted octanol–water partition coefficient (Wildman–Crippen LogP) is 3.48. The van der Waals surface area contributed by atoms with Gasteiger partial charge in [0.05, 0.1) is 0 Å². The second-order valence-electron chi connectivity index (χ2n) is 4.98. The summed E-state index contributed by atoms with van der Waals surface area (Å²) in [5, 5.41) is 3.44. The van der Waals surface area contributed by atoms with E-state index in [0.717, 1.165) is 12.3 Å². The molecule has 1 N–H and O–H groups in total. The molecule has 0 bridgehead atoms. The van der Waals surface area contributed by atoms with Crippen molar-refractivity contribution in [2.75, 3.05) is 7.05 Å². The normalized spacial score (nSPS) is 14.8. The highest BCUT2D eigenvalue weighted by Crippen LogP contribution is 2.16. The van der Waals surface area contributed by atoms with E-state index in [9.17, 15) is 0 Å². The van der Waals surface area contributed by atoms with Crippen molar-refractivity contribution in [1.82, 2.24) is 5.32 Å². The predicted molar refractivity (Wildman–Crippen MR) is 71.9 cm³/mol. The average molecular weight is 219 g/mol. The second kappa shape index (κ2) is 6.05. The summed E-state index contributed by atoms with van der Waals surface area (Å²) in [4.78, 5) is 0. The SMILES string of the molecule is CCC(C)C(Cc1cc(C)cc(C)c1)NC. The van der Waals surface area contributed by atoms with Crippen molar-refractivity contribution in [3.05, 3.63) is 34.9 Å². The molecule has 0 radical (unpaired) electrons. The molecule has 2 atom stereocenters. The average Bonchev–Trinajstić information content (AvgIpc) is 2.23. The fourth-order valence-electron chi connectivity index (χ4n) is 2.31. The van der Waals surface area contributed by atoms with E-state index in [1.54, 1.807) is 0 Å². The van der Waals surface area contributed by atoms with Crippen molar-refractivity contribution < 1.29 is 0 Å². The Morgan fingerprint density at radius 2 is 1.69 bits per heavy atom. The van der Waals surface area contributed by atoms with Gasteiger partial charge in [0.1, 0.15) is 0 Å². The number of nitrogens with one attached hydrogen (secondary N) is 1. The summed E-state index contributed by atoms with van der Waals surface area (Å²) in [6.45, 7) is 8.93. The van der Waals surface area contributed by atoms with Crippen LogP contribution in [0.1, 0.15) is 37.0 Å². The Bertz CT molecular complexity index is 310. The minimum absolute atomic E-state index is 0.589. The summed E-state index contributed by atoms with van der Waals surface area (Å²) in [6, 6.07) is 7.44. The monoisotopic (exact) mass is 219 g/mol. The molecule has 90 valence electrons. The highest BCUT2D eigenvalue weighted by molar-refractivity contribution is 5.29. The molecule has 0 spiro atoms. The maximum atomic E-state index is 3.44. The fourth-order valence-corrected chi connectivity index (χ4v) is 2.31. The van der Waals surface area contributed by atoms with Gasteiger partial charge < -0.3 is 5.32 Å². The van der Waals surface area contributed by atoms with E-state index in [-0.39, 0.29) is 0 Å². The smallest absolute Gasteiger partial charge is 0.0130 e. The van der Waals surface area contributed by atoms with Gasteiger partial charge in [-0.1, -0.05) is 49.6 Å². The summed E-state index contributed by atoms with van der Waals surface area (Å²) in [6.07, 6.45) is 2.37. The molecule has 0 aliphatic heterocycles. The van der Waals surface area contributed by atoms with Crippen molar-refractivity contribution in [3.8, 4) is 0 Å². The Hall–Kier alpha value is -0.820. The van der Waals surface area contributed by atoms with Crippen LogP contribution in [-0.2, 0) is 6.42 Å². The van der Waals surface area contributed by atoms with Crippen LogP contribution in [0.3, 0.4) is 0 Å². The lowest BCUT2D eigenvalue weighted by Crippen LogP contribution is -2.33. The number of rotatable bonds is 5. The van der Waals surface area contributed by atoms with Crippen molar-refractivity contribution in [2.45, 2.75) is 46.6 Å². The van der Waals surface area contributed by atoms with E-state index in [1.165, 1.54) is 23.1 Å². The largest absolute Gasteiger partial charge is 0.316 e. The first kappa shape index (κ1) is 13.2. The third-order valence-corrected chi connectivity index (χ3v) is 3.44. The van der Waals surface area contributed by atoms with Crippen LogP contribution in [0.4, 0.5) is 0 Å². The quantitative estimate of drug-likeness (QED) is 0.799. The van der Waals surface area contributed by atoms with Crippen molar-refractivity contribution in [2.24, 2.45) is 5.92 Å². The van der Waals surface area contributed by atoms with Gasteiger partial charge in [-0.2, -0.15) is 0 Å². The third kappa shape index (κ3) is 3.64. The zero-order valence-electron chi connectivity index (χ0n) is 11.3. The van der Waals surface area contributed by atoms with E-state index in [2.05, 4.69) is 58.3 Å². The molecule has 0 aliphatic rings. The molecule has 1 nitrogen and oxygen atoms in total. The highest BCUT2D eigenvalue weighted by atomic mass is 14.9. The van der Waals surface area contributed by atoms with Gasteiger partial charge in [0, 0.05) is 6.04 Å². The molecular formula is C15H25N. The first-order valence-corrected chi connectivity index (χ1v) is 6.31. The number of likely N-dealkylation sites (N-methyl/N-ethyl adjacent to an activating group) is 1. The van der Waals surface area contributed by atoms with Gasteiger partial charge in [-0.25, -0.2) is 0 Å². The minimum Gasteiger partial charge on any atom is -0.316 e. The van der Waals surface area contributed by atoms with Crippen molar-refractivity contribution in [3.63, 3.8) is 0 Å². The van der Waals surface area contributed by atoms with Crippen LogP contribution in [0.15, 0.2) is 18.2 Å². The molecule has 0 fully saturated rings. The van der Waals surface area contributed by atoms with E-state index in [4.69, 9.17) is 0 Å². The molecule has 1 heteroatoms. The zero-order valence-corrected chi connectivity index (χ0v) is 11.3. The van der Waals surface area contributed by atoms with Gasteiger partial charge in [0.15, 0.2) is 0 Å². The maximum absolute atomic E-state index is 3.44. The van der Waals surface area contributed by atoms with Crippen LogP contribution in [-0.4, -0.2) is 13.1 Å². The fraction of sp³-hybridized carbons (Fsp3) is 0.600. The van der Waals surface area contributed by atoms with Gasteiger partial charge in [-0.05, 0) is 38.8 Å². The Balaban J connectivity index is 2.77. The summed E-state index contributed by atoms with van der Waals surface area (Å²) < 4.78 is 0. The minimum atomic E-state index is 0.589. The molecule has 2 unspecified atom stereocenters. The molecular weight excluding hydrogens is 194 g/mol. The molecule has 0 aromatic heterocycles. The lowest BCUT2D eigenvalue weighted by molar-refractivity contribution is 0.386. The molecule has 1 aromatic carbocycles. The van der Waals surface area contributed by atoms with Gasteiger partial charge >= 0.3 is 0 Å². The van der Waals surface area contributed by atoms with Crippen LogP contribution in [0, 0.1) is 19.8 Å².